The van der Waals surface area contributed by atoms with Crippen molar-refractivity contribution in [3.63, 3.8) is 0 Å². The van der Waals surface area contributed by atoms with E-state index in [1.807, 2.05) is 16.9 Å². The number of aromatic nitrogens is 2. The lowest BCUT2D eigenvalue weighted by atomic mass is 9.67. The number of hydrogen-bond acceptors (Lipinski definition) is 2. The van der Waals surface area contributed by atoms with Gasteiger partial charge in [-0.05, 0) is 30.7 Å². The SMILES string of the molecule is CCC1(Cn2ccc(N)n2)CCC1. The number of hydrogen-bond donors (Lipinski definition) is 1. The van der Waals surface area contributed by atoms with Crippen molar-refractivity contribution in [2.75, 3.05) is 5.73 Å². The molecule has 1 saturated carbocycles. The molecule has 1 aliphatic rings. The molecule has 3 nitrogen and oxygen atoms in total. The molecule has 0 radical (unpaired) electrons. The second-order valence-electron chi connectivity index (χ2n) is 4.15. The van der Waals surface area contributed by atoms with Gasteiger partial charge in [0.05, 0.1) is 0 Å². The molecule has 0 unspecified atom stereocenters. The highest BCUT2D eigenvalue weighted by molar-refractivity contribution is 5.23. The molecule has 0 saturated heterocycles. The summed E-state index contributed by atoms with van der Waals surface area (Å²) in [5, 5.41) is 4.22. The van der Waals surface area contributed by atoms with Gasteiger partial charge in [0.15, 0.2) is 0 Å². The zero-order valence-corrected chi connectivity index (χ0v) is 8.16. The van der Waals surface area contributed by atoms with Crippen molar-refractivity contribution in [2.45, 2.75) is 39.2 Å². The molecular formula is C10H17N3. The highest BCUT2D eigenvalue weighted by atomic mass is 15.3. The summed E-state index contributed by atoms with van der Waals surface area (Å²) in [6.45, 7) is 3.31. The van der Waals surface area contributed by atoms with E-state index in [1.54, 1.807) is 0 Å². The van der Waals surface area contributed by atoms with Crippen LogP contribution in [0.3, 0.4) is 0 Å². The minimum absolute atomic E-state index is 0.526. The smallest absolute Gasteiger partial charge is 0.145 e. The summed E-state index contributed by atoms with van der Waals surface area (Å²) in [5.74, 6) is 0.630. The average molecular weight is 179 g/mol. The first kappa shape index (κ1) is 8.60. The molecule has 0 bridgehead atoms. The first-order valence-electron chi connectivity index (χ1n) is 5.03. The van der Waals surface area contributed by atoms with Crippen LogP contribution in [0.1, 0.15) is 32.6 Å². The van der Waals surface area contributed by atoms with Gasteiger partial charge in [-0.15, -0.1) is 0 Å². The first-order chi connectivity index (χ1) is 6.24. The Morgan fingerprint density at radius 3 is 2.77 bits per heavy atom. The molecule has 0 amide bonds. The van der Waals surface area contributed by atoms with E-state index in [0.717, 1.165) is 6.54 Å². The van der Waals surface area contributed by atoms with E-state index in [-0.39, 0.29) is 0 Å². The fourth-order valence-corrected chi connectivity index (χ4v) is 2.11. The third kappa shape index (κ3) is 1.55. The maximum Gasteiger partial charge on any atom is 0.145 e. The summed E-state index contributed by atoms with van der Waals surface area (Å²) in [4.78, 5) is 0. The molecule has 0 atom stereocenters. The van der Waals surface area contributed by atoms with Crippen LogP contribution in [0.4, 0.5) is 5.82 Å². The predicted octanol–water partition coefficient (Wildman–Crippen LogP) is 2.05. The van der Waals surface area contributed by atoms with Crippen molar-refractivity contribution in [1.29, 1.82) is 0 Å². The Morgan fingerprint density at radius 1 is 1.62 bits per heavy atom. The molecule has 13 heavy (non-hydrogen) atoms. The number of anilines is 1. The van der Waals surface area contributed by atoms with Gasteiger partial charge in [-0.1, -0.05) is 13.3 Å². The van der Waals surface area contributed by atoms with Crippen molar-refractivity contribution in [1.82, 2.24) is 9.78 Å². The molecule has 2 N–H and O–H groups in total. The van der Waals surface area contributed by atoms with Crippen molar-refractivity contribution >= 4 is 5.82 Å². The molecular weight excluding hydrogens is 162 g/mol. The Morgan fingerprint density at radius 2 is 2.38 bits per heavy atom. The summed E-state index contributed by atoms with van der Waals surface area (Å²) >= 11 is 0. The van der Waals surface area contributed by atoms with E-state index in [4.69, 9.17) is 5.73 Å². The van der Waals surface area contributed by atoms with Crippen molar-refractivity contribution in [2.24, 2.45) is 5.41 Å². The van der Waals surface area contributed by atoms with Gasteiger partial charge in [0.25, 0.3) is 0 Å². The van der Waals surface area contributed by atoms with Crippen LogP contribution >= 0.6 is 0 Å². The molecule has 72 valence electrons. The lowest BCUT2D eigenvalue weighted by Crippen LogP contribution is -2.33. The van der Waals surface area contributed by atoms with Crippen molar-refractivity contribution in [3.8, 4) is 0 Å². The summed E-state index contributed by atoms with van der Waals surface area (Å²) in [5.41, 5.74) is 6.09. The van der Waals surface area contributed by atoms with Crippen LogP contribution in [0.15, 0.2) is 12.3 Å². The molecule has 3 heteroatoms. The third-order valence-corrected chi connectivity index (χ3v) is 3.32. The minimum Gasteiger partial charge on any atom is -0.382 e. The maximum atomic E-state index is 5.57. The van der Waals surface area contributed by atoms with Gasteiger partial charge in [0.2, 0.25) is 0 Å². The maximum absolute atomic E-state index is 5.57. The van der Waals surface area contributed by atoms with Crippen LogP contribution in [0, 0.1) is 5.41 Å². The highest BCUT2D eigenvalue weighted by Crippen LogP contribution is 2.44. The normalized spacial score (nSPS) is 19.8. The molecule has 0 spiro atoms. The van der Waals surface area contributed by atoms with Crippen LogP contribution in [0.5, 0.6) is 0 Å². The number of nitrogens with two attached hydrogens (primary N) is 1. The standard InChI is InChI=1S/C10H17N3/c1-2-10(5-3-6-10)8-13-7-4-9(11)12-13/h4,7H,2-3,5-6,8H2,1H3,(H2,11,12). The minimum atomic E-state index is 0.526. The van der Waals surface area contributed by atoms with Gasteiger partial charge in [-0.2, -0.15) is 5.10 Å². The second kappa shape index (κ2) is 3.05. The van der Waals surface area contributed by atoms with Gasteiger partial charge in [-0.25, -0.2) is 0 Å². The summed E-state index contributed by atoms with van der Waals surface area (Å²) < 4.78 is 1.98. The lowest BCUT2D eigenvalue weighted by Gasteiger charge is -2.41. The molecule has 2 rings (SSSR count). The van der Waals surface area contributed by atoms with E-state index in [2.05, 4.69) is 12.0 Å². The summed E-state index contributed by atoms with van der Waals surface area (Å²) in [6.07, 6.45) is 7.31. The quantitative estimate of drug-likeness (QED) is 0.771. The zero-order valence-electron chi connectivity index (χ0n) is 8.16. The average Bonchev–Trinajstić information content (AvgIpc) is 2.44. The predicted molar refractivity (Wildman–Crippen MR) is 53.2 cm³/mol. The highest BCUT2D eigenvalue weighted by Gasteiger charge is 2.35. The number of rotatable bonds is 3. The Kier molecular flexibility index (Phi) is 2.02. The lowest BCUT2D eigenvalue weighted by molar-refractivity contribution is 0.0951. The van der Waals surface area contributed by atoms with E-state index in [1.165, 1.54) is 25.7 Å². The molecule has 0 aromatic carbocycles. The van der Waals surface area contributed by atoms with E-state index >= 15 is 0 Å². The third-order valence-electron chi connectivity index (χ3n) is 3.32. The summed E-state index contributed by atoms with van der Waals surface area (Å²) in [7, 11) is 0. The van der Waals surface area contributed by atoms with Gasteiger partial charge in [0, 0.05) is 12.7 Å². The van der Waals surface area contributed by atoms with Crippen molar-refractivity contribution < 1.29 is 0 Å². The fraction of sp³-hybridized carbons (Fsp3) is 0.700. The van der Waals surface area contributed by atoms with Gasteiger partial charge in [-0.3, -0.25) is 4.68 Å². The number of nitrogen functional groups attached to an aromatic ring is 1. The van der Waals surface area contributed by atoms with Gasteiger partial charge >= 0.3 is 0 Å². The van der Waals surface area contributed by atoms with Crippen LogP contribution < -0.4 is 5.73 Å². The van der Waals surface area contributed by atoms with Crippen LogP contribution in [-0.4, -0.2) is 9.78 Å². The van der Waals surface area contributed by atoms with E-state index in [9.17, 15) is 0 Å². The molecule has 1 fully saturated rings. The first-order valence-corrected chi connectivity index (χ1v) is 5.03. The Bertz CT molecular complexity index is 281. The molecule has 1 aliphatic carbocycles. The fourth-order valence-electron chi connectivity index (χ4n) is 2.11. The summed E-state index contributed by atoms with van der Waals surface area (Å²) in [6, 6.07) is 1.86. The topological polar surface area (TPSA) is 43.8 Å². The van der Waals surface area contributed by atoms with Crippen LogP contribution in [-0.2, 0) is 6.54 Å². The molecule has 1 heterocycles. The number of nitrogens with zero attached hydrogens (tertiary/aromatic N) is 2. The van der Waals surface area contributed by atoms with Crippen LogP contribution in [0.2, 0.25) is 0 Å². The van der Waals surface area contributed by atoms with Gasteiger partial charge in [0.1, 0.15) is 5.82 Å². The van der Waals surface area contributed by atoms with Crippen LogP contribution in [0.25, 0.3) is 0 Å². The monoisotopic (exact) mass is 179 g/mol. The largest absolute Gasteiger partial charge is 0.382 e. The Hall–Kier alpha value is -0.990. The van der Waals surface area contributed by atoms with E-state index in [0.29, 0.717) is 11.2 Å². The van der Waals surface area contributed by atoms with Gasteiger partial charge < -0.3 is 5.73 Å². The Balaban J connectivity index is 2.04. The second-order valence-corrected chi connectivity index (χ2v) is 4.15. The zero-order chi connectivity index (χ0) is 9.31. The Labute approximate surface area is 78.9 Å². The van der Waals surface area contributed by atoms with Crippen molar-refractivity contribution in [3.05, 3.63) is 12.3 Å². The molecule has 1 aromatic rings. The molecule has 1 aromatic heterocycles. The van der Waals surface area contributed by atoms with E-state index < -0.39 is 0 Å². The molecule has 0 aliphatic heterocycles.